The van der Waals surface area contributed by atoms with Gasteiger partial charge in [-0.15, -0.1) is 0 Å². The van der Waals surface area contributed by atoms with E-state index in [9.17, 15) is 0 Å². The first-order chi connectivity index (χ1) is 8.00. The van der Waals surface area contributed by atoms with E-state index in [0.717, 1.165) is 10.0 Å². The summed E-state index contributed by atoms with van der Waals surface area (Å²) >= 11 is 9.45. The molecule has 0 saturated carbocycles. The Morgan fingerprint density at radius 2 is 0.941 bits per heavy atom. The molecule has 0 aliphatic carbocycles. The van der Waals surface area contributed by atoms with E-state index < -0.39 is 18.4 Å². The molecule has 0 atom stereocenters. The van der Waals surface area contributed by atoms with Crippen molar-refractivity contribution in [2.45, 2.75) is 9.88 Å². The van der Waals surface area contributed by atoms with Crippen LogP contribution in [0.25, 0.3) is 0 Å². The molecule has 0 unspecified atom stereocenters. The van der Waals surface area contributed by atoms with Gasteiger partial charge in [0, 0.05) is 0 Å². The van der Waals surface area contributed by atoms with E-state index >= 15 is 0 Å². The third-order valence-corrected chi connectivity index (χ3v) is 13.8. The summed E-state index contributed by atoms with van der Waals surface area (Å²) in [5, 5.41) is 1.60. The van der Waals surface area contributed by atoms with Crippen LogP contribution in [0.3, 0.4) is 0 Å². The summed E-state index contributed by atoms with van der Waals surface area (Å²) < 4.78 is 2.90. The van der Waals surface area contributed by atoms with Crippen molar-refractivity contribution < 1.29 is 0 Å². The Morgan fingerprint density at radius 1 is 0.647 bits per heavy atom. The first-order valence-corrected chi connectivity index (χ1v) is 14.8. The number of benzene rings is 2. The molecule has 0 N–H and O–H groups in total. The van der Waals surface area contributed by atoms with Crippen molar-refractivity contribution >= 4 is 48.7 Å². The van der Waals surface area contributed by atoms with E-state index in [0.29, 0.717) is 0 Å². The van der Waals surface area contributed by atoms with Crippen LogP contribution < -0.4 is 7.16 Å². The Kier molecular flexibility index (Phi) is 4.06. The van der Waals surface area contributed by atoms with Gasteiger partial charge in [0.1, 0.15) is 0 Å². The molecule has 0 aromatic heterocycles. The Labute approximate surface area is 116 Å². The molecule has 0 spiro atoms. The zero-order valence-corrected chi connectivity index (χ0v) is 14.2. The predicted molar refractivity (Wildman–Crippen MR) is 79.7 cm³/mol. The molecule has 0 aliphatic rings. The van der Waals surface area contributed by atoms with Gasteiger partial charge in [-0.2, -0.15) is 0 Å². The van der Waals surface area contributed by atoms with Crippen LogP contribution in [0.5, 0.6) is 0 Å². The van der Waals surface area contributed by atoms with Crippen molar-refractivity contribution in [2.75, 3.05) is 0 Å². The number of halogens is 2. The molecule has 17 heavy (non-hydrogen) atoms. The Morgan fingerprint density at radius 3 is 1.24 bits per heavy atom. The SMILES string of the molecule is [CH3][Sn]([CH3])([c]1ccc(Cl)cc1)[c]1ccc(Cl)cc1. The molecule has 88 valence electrons. The first-order valence-electron chi connectivity index (χ1n) is 5.52. The summed E-state index contributed by atoms with van der Waals surface area (Å²) in [4.78, 5) is 4.81. The molecule has 2 aromatic carbocycles. The topological polar surface area (TPSA) is 0 Å². The molecule has 0 radical (unpaired) electrons. The van der Waals surface area contributed by atoms with Gasteiger partial charge in [0.2, 0.25) is 0 Å². The Bertz CT molecular complexity index is 453. The van der Waals surface area contributed by atoms with Gasteiger partial charge in [0.05, 0.1) is 0 Å². The van der Waals surface area contributed by atoms with Gasteiger partial charge in [-0.05, 0) is 0 Å². The third kappa shape index (κ3) is 2.98. The van der Waals surface area contributed by atoms with Crippen LogP contribution in [0, 0.1) is 0 Å². The van der Waals surface area contributed by atoms with Crippen molar-refractivity contribution in [3.05, 3.63) is 58.6 Å². The maximum atomic E-state index is 5.93. The fraction of sp³-hybridized carbons (Fsp3) is 0.143. The van der Waals surface area contributed by atoms with E-state index in [1.807, 2.05) is 24.3 Å². The zero-order valence-electron chi connectivity index (χ0n) is 9.87. The van der Waals surface area contributed by atoms with Crippen molar-refractivity contribution in [3.63, 3.8) is 0 Å². The third-order valence-electron chi connectivity index (χ3n) is 3.13. The quantitative estimate of drug-likeness (QED) is 0.704. The summed E-state index contributed by atoms with van der Waals surface area (Å²) in [6.45, 7) is 0. The predicted octanol–water partition coefficient (Wildman–Crippen LogP) is 3.82. The monoisotopic (exact) mass is 372 g/mol. The summed E-state index contributed by atoms with van der Waals surface area (Å²) in [6.07, 6.45) is 0. The van der Waals surface area contributed by atoms with Crippen LogP contribution in [0.15, 0.2) is 48.5 Å². The molecular formula is C14H14Cl2Sn. The second-order valence-electron chi connectivity index (χ2n) is 4.64. The van der Waals surface area contributed by atoms with E-state index in [-0.39, 0.29) is 0 Å². The van der Waals surface area contributed by atoms with Crippen LogP contribution in [0.4, 0.5) is 0 Å². The van der Waals surface area contributed by atoms with Crippen LogP contribution in [-0.4, -0.2) is 18.4 Å². The molecule has 0 heterocycles. The first kappa shape index (κ1) is 13.3. The second kappa shape index (κ2) is 5.21. The number of hydrogen-bond acceptors (Lipinski definition) is 0. The van der Waals surface area contributed by atoms with Gasteiger partial charge < -0.3 is 0 Å². The molecule has 0 fully saturated rings. The maximum absolute atomic E-state index is 5.93. The van der Waals surface area contributed by atoms with Crippen LogP contribution in [-0.2, 0) is 0 Å². The molecule has 0 aliphatic heterocycles. The molecule has 2 aromatic rings. The van der Waals surface area contributed by atoms with Gasteiger partial charge in [-0.3, -0.25) is 0 Å². The number of hydrogen-bond donors (Lipinski definition) is 0. The van der Waals surface area contributed by atoms with Gasteiger partial charge in [0.15, 0.2) is 0 Å². The second-order valence-corrected chi connectivity index (χ2v) is 18.1. The molecular weight excluding hydrogens is 358 g/mol. The van der Waals surface area contributed by atoms with Crippen LogP contribution >= 0.6 is 23.2 Å². The molecule has 2 rings (SSSR count). The average Bonchev–Trinajstić information content (AvgIpc) is 2.30. The van der Waals surface area contributed by atoms with Gasteiger partial charge >= 0.3 is 117 Å². The normalized spacial score (nSPS) is 11.5. The van der Waals surface area contributed by atoms with E-state index in [1.54, 1.807) is 0 Å². The standard InChI is InChI=1S/2C6H4Cl.2CH3.Sn/c2*7-6-4-2-1-3-5-6;;;/h2*2-5H;2*1H3;. The van der Waals surface area contributed by atoms with Crippen molar-refractivity contribution in [1.29, 1.82) is 0 Å². The van der Waals surface area contributed by atoms with Crippen LogP contribution in [0.1, 0.15) is 0 Å². The molecule has 0 nitrogen and oxygen atoms in total. The fourth-order valence-corrected chi connectivity index (χ4v) is 8.81. The number of rotatable bonds is 2. The summed E-state index contributed by atoms with van der Waals surface area (Å²) in [7, 11) is 0. The van der Waals surface area contributed by atoms with Crippen molar-refractivity contribution in [2.24, 2.45) is 0 Å². The summed E-state index contributed by atoms with van der Waals surface area (Å²) in [6, 6.07) is 16.5. The fourth-order valence-electron chi connectivity index (χ4n) is 1.90. The zero-order chi connectivity index (χ0) is 12.5. The minimum absolute atomic E-state index is 0.798. The molecule has 3 heteroatoms. The van der Waals surface area contributed by atoms with E-state index in [4.69, 9.17) is 23.2 Å². The van der Waals surface area contributed by atoms with Gasteiger partial charge in [0.25, 0.3) is 0 Å². The summed E-state index contributed by atoms with van der Waals surface area (Å²) in [5.41, 5.74) is 0. The van der Waals surface area contributed by atoms with E-state index in [1.165, 1.54) is 7.16 Å². The van der Waals surface area contributed by atoms with Gasteiger partial charge in [-0.25, -0.2) is 0 Å². The van der Waals surface area contributed by atoms with Gasteiger partial charge in [-0.1, -0.05) is 0 Å². The average molecular weight is 372 g/mol. The minimum atomic E-state index is -2.42. The van der Waals surface area contributed by atoms with E-state index in [2.05, 4.69) is 34.1 Å². The molecule has 0 amide bonds. The summed E-state index contributed by atoms with van der Waals surface area (Å²) in [5.74, 6) is 0. The Balaban J connectivity index is 2.41. The molecule has 0 bridgehead atoms. The van der Waals surface area contributed by atoms with Crippen molar-refractivity contribution in [3.8, 4) is 0 Å². The van der Waals surface area contributed by atoms with Crippen LogP contribution in [0.2, 0.25) is 19.9 Å². The van der Waals surface area contributed by atoms with Crippen molar-refractivity contribution in [1.82, 2.24) is 0 Å². The Hall–Kier alpha value is -0.181. The molecule has 0 saturated heterocycles.